The zero-order valence-corrected chi connectivity index (χ0v) is 43.2. The van der Waals surface area contributed by atoms with Gasteiger partial charge in [-0.15, -0.1) is 0 Å². The fraction of sp³-hybridized carbons (Fsp3) is 0.610. The SMILES string of the molecule is CCCCC/C=C/C/C=C/C/C=C/C/C=C/CCCC(=O)SCCN=C([O-])CCNC(=O)[C@H](O)C(C)(C)COP(=O)(O)OP(=O)(O)OC[C@H]1O[C@@H](n2cnc3c(N)ncnc32)[C@H](O)[C@@H]1OP(=O)(O)O.[Li+]. The van der Waals surface area contributed by atoms with Crippen molar-refractivity contribution in [3.63, 3.8) is 0 Å². The van der Waals surface area contributed by atoms with E-state index in [1.54, 1.807) is 0 Å². The molecule has 1 amide bonds. The second-order valence-corrected chi connectivity index (χ2v) is 21.6. The number of phosphoric ester groups is 3. The van der Waals surface area contributed by atoms with Crippen LogP contribution in [0.25, 0.3) is 11.2 Å². The first-order valence-corrected chi connectivity index (χ1v) is 27.6. The number of rotatable bonds is 33. The Morgan fingerprint density at radius 1 is 0.957 bits per heavy atom. The van der Waals surface area contributed by atoms with Gasteiger partial charge in [0.1, 0.15) is 36.3 Å². The average Bonchev–Trinajstić information content (AvgIpc) is 3.84. The van der Waals surface area contributed by atoms with Gasteiger partial charge >= 0.3 is 42.3 Å². The number of nitrogen functional groups attached to an aromatic ring is 1. The molecule has 7 atom stereocenters. The van der Waals surface area contributed by atoms with Gasteiger partial charge in [0.25, 0.3) is 0 Å². The zero-order chi connectivity index (χ0) is 51.1. The average molecular weight is 1060 g/mol. The summed E-state index contributed by atoms with van der Waals surface area (Å²) in [4.78, 5) is 79.9. The van der Waals surface area contributed by atoms with Gasteiger partial charge < -0.3 is 55.7 Å². The van der Waals surface area contributed by atoms with Gasteiger partial charge in [0.2, 0.25) is 5.91 Å². The fourth-order valence-corrected chi connectivity index (χ4v) is 9.78. The van der Waals surface area contributed by atoms with Crippen LogP contribution >= 0.6 is 35.2 Å². The Morgan fingerprint density at radius 3 is 2.20 bits per heavy atom. The topological polar surface area (TPSA) is 370 Å². The molecule has 0 aromatic carbocycles. The van der Waals surface area contributed by atoms with E-state index in [1.807, 2.05) is 0 Å². The first-order chi connectivity index (χ1) is 32.6. The Balaban J connectivity index is 0.0000168. The predicted molar refractivity (Wildman–Crippen MR) is 255 cm³/mol. The number of unbranched alkanes of at least 4 members (excludes halogenated alkanes) is 4. The third kappa shape index (κ3) is 23.8. The fourth-order valence-electron chi connectivity index (χ4n) is 6.25. The molecule has 1 fully saturated rings. The smallest absolute Gasteiger partial charge is 0.862 e. The molecule has 388 valence electrons. The van der Waals surface area contributed by atoms with Crippen molar-refractivity contribution in [2.24, 2.45) is 10.4 Å². The minimum Gasteiger partial charge on any atom is -0.862 e. The number of aliphatic hydroxyl groups excluding tert-OH is 2. The van der Waals surface area contributed by atoms with Crippen molar-refractivity contribution in [2.75, 3.05) is 37.8 Å². The molecule has 3 heterocycles. The van der Waals surface area contributed by atoms with E-state index >= 15 is 0 Å². The first kappa shape index (κ1) is 63.2. The molecule has 0 saturated carbocycles. The van der Waals surface area contributed by atoms with E-state index in [0.29, 0.717) is 18.6 Å². The van der Waals surface area contributed by atoms with Crippen molar-refractivity contribution < 1.29 is 99.7 Å². The van der Waals surface area contributed by atoms with E-state index in [2.05, 4.69) is 89.6 Å². The molecule has 1 aliphatic heterocycles. The molecule has 1 aliphatic rings. The van der Waals surface area contributed by atoms with Crippen LogP contribution in [-0.2, 0) is 45.9 Å². The van der Waals surface area contributed by atoms with Gasteiger partial charge in [0.05, 0.1) is 19.5 Å². The monoisotopic (exact) mass is 1060 g/mol. The van der Waals surface area contributed by atoms with Crippen molar-refractivity contribution in [3.05, 3.63) is 61.3 Å². The van der Waals surface area contributed by atoms with Crippen molar-refractivity contribution in [2.45, 2.75) is 122 Å². The molecule has 24 nitrogen and oxygen atoms in total. The molecule has 70 heavy (non-hydrogen) atoms. The summed E-state index contributed by atoms with van der Waals surface area (Å²) in [5, 5.41) is 36.1. The standard InChI is InChI=1S/C41H66N7O17P3S.Li/c1-4-5-6-7-8-9-10-11-12-13-14-15-16-17-18-19-20-21-32(50)69-25-24-43-31(49)22-23-44-39(53)36(52)41(2,3)27-62-68(59,60)65-67(57,58)61-26-30-35(64-66(54,55)56)34(51)40(63-30)48-29-47-33-37(42)45-28-46-38(33)48;/h8-9,11-12,14-15,17-18,28-30,34-36,40,51-52H,4-7,10,13,16,19-27H2,1-3H3,(H,43,49)(H,44,53)(H,57,58)(H,59,60)(H2,42,45,46)(H2,54,55,56);/q;+1/p-1/b9-8+,12-11+,15-14+,18-17+;/t30-,34-,35-,36+,40-;/m1./s1. The summed E-state index contributed by atoms with van der Waals surface area (Å²) in [7, 11) is -16.4. The Hall–Kier alpha value is -2.88. The number of nitrogens with one attached hydrogen (secondary N) is 1. The van der Waals surface area contributed by atoms with Crippen LogP contribution in [0.1, 0.15) is 97.6 Å². The Morgan fingerprint density at radius 2 is 1.57 bits per heavy atom. The number of amides is 1. The van der Waals surface area contributed by atoms with Crippen LogP contribution in [0.4, 0.5) is 5.82 Å². The van der Waals surface area contributed by atoms with Crippen LogP contribution < -0.4 is 35.0 Å². The van der Waals surface area contributed by atoms with Crippen LogP contribution in [0.3, 0.4) is 0 Å². The molecular weight excluding hydrogens is 994 g/mol. The number of ether oxygens (including phenoxy) is 1. The number of phosphoric acid groups is 3. The summed E-state index contributed by atoms with van der Waals surface area (Å²) >= 11 is 1.08. The van der Waals surface area contributed by atoms with Gasteiger partial charge in [-0.3, -0.25) is 27.7 Å². The van der Waals surface area contributed by atoms with Crippen molar-refractivity contribution in [1.29, 1.82) is 0 Å². The molecule has 2 aromatic heterocycles. The summed E-state index contributed by atoms with van der Waals surface area (Å²) in [6.45, 7) is 2.54. The number of nitrogens with two attached hydrogens (primary N) is 1. The maximum Gasteiger partial charge on any atom is 1.00 e. The number of hydrogen-bond acceptors (Lipinski definition) is 19. The van der Waals surface area contributed by atoms with Crippen LogP contribution in [-0.4, -0.2) is 123 Å². The Bertz CT molecular complexity index is 2250. The number of allylic oxidation sites excluding steroid dienone is 8. The molecule has 2 aromatic rings. The summed E-state index contributed by atoms with van der Waals surface area (Å²) in [6, 6.07) is 0. The predicted octanol–water partition coefficient (Wildman–Crippen LogP) is 1.46. The van der Waals surface area contributed by atoms with Crippen molar-refractivity contribution in [3.8, 4) is 0 Å². The Labute approximate surface area is 423 Å². The number of carbonyl (C=O) groups is 2. The molecule has 29 heteroatoms. The van der Waals surface area contributed by atoms with Gasteiger partial charge in [0, 0.05) is 30.7 Å². The molecule has 1 saturated heterocycles. The van der Waals surface area contributed by atoms with Crippen molar-refractivity contribution >= 4 is 69.1 Å². The maximum atomic E-state index is 12.7. The second-order valence-electron chi connectivity index (χ2n) is 16.2. The normalized spacial score (nSPS) is 20.4. The summed E-state index contributed by atoms with van der Waals surface area (Å²) in [6.07, 6.45) is 19.6. The Kier molecular flexibility index (Phi) is 28.6. The summed E-state index contributed by atoms with van der Waals surface area (Å²) < 4.78 is 62.4. The first-order valence-electron chi connectivity index (χ1n) is 22.1. The number of nitrogens with zero attached hydrogens (tertiary/aromatic N) is 5. The van der Waals surface area contributed by atoms with Gasteiger partial charge in [0.15, 0.2) is 22.8 Å². The molecule has 9 N–H and O–H groups in total. The number of fused-ring (bicyclic) bond motifs is 1. The van der Waals surface area contributed by atoms with E-state index in [0.717, 1.165) is 61.1 Å². The van der Waals surface area contributed by atoms with E-state index in [-0.39, 0.29) is 60.5 Å². The maximum absolute atomic E-state index is 12.7. The summed E-state index contributed by atoms with van der Waals surface area (Å²) in [5.74, 6) is -1.28. The quantitative estimate of drug-likeness (QED) is 0.0125. The van der Waals surface area contributed by atoms with E-state index in [1.165, 1.54) is 33.1 Å². The number of anilines is 1. The van der Waals surface area contributed by atoms with E-state index in [4.69, 9.17) is 19.5 Å². The molecule has 0 spiro atoms. The van der Waals surface area contributed by atoms with Crippen LogP contribution in [0.2, 0.25) is 0 Å². The van der Waals surface area contributed by atoms with E-state index in [9.17, 15) is 58.2 Å². The van der Waals surface area contributed by atoms with Gasteiger partial charge in [-0.2, -0.15) is 4.31 Å². The van der Waals surface area contributed by atoms with Gasteiger partial charge in [-0.05, 0) is 57.3 Å². The number of hydrogen-bond donors (Lipinski definition) is 8. The number of aromatic nitrogens is 4. The number of thioether (sulfide) groups is 1. The van der Waals surface area contributed by atoms with Crippen LogP contribution in [0.15, 0.2) is 66.3 Å². The van der Waals surface area contributed by atoms with E-state index < -0.39 is 84.5 Å². The number of imidazole rings is 1. The van der Waals surface area contributed by atoms with Crippen LogP contribution in [0, 0.1) is 5.41 Å². The largest absolute Gasteiger partial charge is 1.00 e. The third-order valence-electron chi connectivity index (χ3n) is 9.92. The molecule has 0 bridgehead atoms. The molecule has 0 aliphatic carbocycles. The summed E-state index contributed by atoms with van der Waals surface area (Å²) in [5.41, 5.74) is 4.26. The zero-order valence-electron chi connectivity index (χ0n) is 39.7. The number of carbonyl (C=O) groups excluding carboxylic acids is 2. The minimum atomic E-state index is -5.58. The second kappa shape index (κ2) is 31.6. The molecule has 0 radical (unpaired) electrons. The number of aliphatic hydroxyl groups is 2. The minimum absolute atomic E-state index is 0. The van der Waals surface area contributed by atoms with Crippen LogP contribution in [0.5, 0.6) is 0 Å². The molecule has 3 rings (SSSR count). The molecule has 2 unspecified atom stereocenters. The third-order valence-corrected chi connectivity index (χ3v) is 13.9. The van der Waals surface area contributed by atoms with Crippen molar-refractivity contribution in [1.82, 2.24) is 24.8 Å². The molecular formula is C41H65LiN7O17P3S. The number of aliphatic imine (C=N–C) groups is 1. The van der Waals surface area contributed by atoms with Gasteiger partial charge in [-0.25, -0.2) is 28.6 Å². The van der Waals surface area contributed by atoms with Gasteiger partial charge in [-0.1, -0.05) is 94.0 Å².